The summed E-state index contributed by atoms with van der Waals surface area (Å²) in [4.78, 5) is 13.0. The lowest BCUT2D eigenvalue weighted by Gasteiger charge is -2.26. The number of rotatable bonds is 4. The van der Waals surface area contributed by atoms with E-state index in [0.29, 0.717) is 0 Å². The van der Waals surface area contributed by atoms with Gasteiger partial charge in [-0.3, -0.25) is 4.79 Å². The molecule has 1 N–H and O–H groups in total. The first-order chi connectivity index (χ1) is 9.09. The Bertz CT molecular complexity index is 547. The van der Waals surface area contributed by atoms with E-state index in [1.54, 1.807) is 0 Å². The lowest BCUT2D eigenvalue weighted by molar-refractivity contribution is -0.135. The highest BCUT2D eigenvalue weighted by atomic mass is 16.4. The van der Waals surface area contributed by atoms with Gasteiger partial charge in [0.2, 0.25) is 0 Å². The molecule has 0 heterocycles. The van der Waals surface area contributed by atoms with Gasteiger partial charge in [0.05, 0.1) is 0 Å². The molecule has 0 aliphatic heterocycles. The fourth-order valence-corrected chi connectivity index (χ4v) is 2.17. The first-order valence-corrected chi connectivity index (χ1v) is 6.20. The van der Waals surface area contributed by atoms with Gasteiger partial charge in [-0.2, -0.15) is 0 Å². The van der Waals surface area contributed by atoms with Crippen LogP contribution in [-0.4, -0.2) is 17.6 Å². The fraction of sp³-hybridized carbons (Fsp3) is 0.188. The minimum Gasteiger partial charge on any atom is -0.480 e. The van der Waals surface area contributed by atoms with E-state index in [1.165, 1.54) is 0 Å². The number of nitrogens with zero attached hydrogens (tertiary/aromatic N) is 1. The second-order valence-corrected chi connectivity index (χ2v) is 4.55. The highest BCUT2D eigenvalue weighted by molar-refractivity contribution is 5.80. The average Bonchev–Trinajstić information content (AvgIpc) is 2.37. The number of hydrogen-bond acceptors (Lipinski definition) is 2. The number of aryl methyl sites for hydroxylation is 2. The minimum atomic E-state index is -0.841. The predicted molar refractivity (Wildman–Crippen MR) is 77.0 cm³/mol. The van der Waals surface area contributed by atoms with E-state index in [-0.39, 0.29) is 6.54 Å². The molecule has 0 fully saturated rings. The predicted octanol–water partition coefficient (Wildman–Crippen LogP) is 3.53. The normalized spacial score (nSPS) is 10.2. The molecule has 0 aliphatic carbocycles. The Morgan fingerprint density at radius 2 is 1.37 bits per heavy atom. The van der Waals surface area contributed by atoms with Crippen molar-refractivity contribution < 1.29 is 9.90 Å². The Hall–Kier alpha value is -2.29. The summed E-state index contributed by atoms with van der Waals surface area (Å²) in [5.74, 6) is -0.841. The van der Waals surface area contributed by atoms with Gasteiger partial charge < -0.3 is 10.0 Å². The maximum absolute atomic E-state index is 11.1. The molecule has 2 rings (SSSR count). The van der Waals surface area contributed by atoms with Crippen LogP contribution >= 0.6 is 0 Å². The lowest BCUT2D eigenvalue weighted by Crippen LogP contribution is -2.26. The van der Waals surface area contributed by atoms with E-state index in [0.717, 1.165) is 22.5 Å². The van der Waals surface area contributed by atoms with Crippen molar-refractivity contribution in [2.24, 2.45) is 0 Å². The molecule has 0 aliphatic rings. The van der Waals surface area contributed by atoms with Gasteiger partial charge in [-0.1, -0.05) is 36.4 Å². The van der Waals surface area contributed by atoms with Crippen LogP contribution in [0.4, 0.5) is 11.4 Å². The molecule has 2 aromatic carbocycles. The molecule has 98 valence electrons. The number of aliphatic carboxylic acids is 1. The smallest absolute Gasteiger partial charge is 0.323 e. The Morgan fingerprint density at radius 3 is 1.74 bits per heavy atom. The zero-order chi connectivity index (χ0) is 13.8. The topological polar surface area (TPSA) is 40.5 Å². The van der Waals surface area contributed by atoms with E-state index in [2.05, 4.69) is 0 Å². The molecule has 3 nitrogen and oxygen atoms in total. The molecule has 0 spiro atoms. The Balaban J connectivity index is 2.51. The van der Waals surface area contributed by atoms with Crippen LogP contribution in [0.5, 0.6) is 0 Å². The van der Waals surface area contributed by atoms with E-state index in [9.17, 15) is 4.79 Å². The summed E-state index contributed by atoms with van der Waals surface area (Å²) in [6, 6.07) is 15.6. The number of benzene rings is 2. The lowest BCUT2D eigenvalue weighted by atomic mass is 10.1. The first-order valence-electron chi connectivity index (χ1n) is 6.20. The molecule has 0 amide bonds. The molecule has 19 heavy (non-hydrogen) atoms. The molecule has 0 unspecified atom stereocenters. The monoisotopic (exact) mass is 255 g/mol. The van der Waals surface area contributed by atoms with E-state index in [4.69, 9.17) is 5.11 Å². The van der Waals surface area contributed by atoms with Gasteiger partial charge in [0.25, 0.3) is 0 Å². The maximum atomic E-state index is 11.1. The van der Waals surface area contributed by atoms with Crippen LogP contribution in [0.1, 0.15) is 11.1 Å². The van der Waals surface area contributed by atoms with Gasteiger partial charge in [-0.25, -0.2) is 0 Å². The van der Waals surface area contributed by atoms with Crippen molar-refractivity contribution in [2.45, 2.75) is 13.8 Å². The number of para-hydroxylation sites is 2. The van der Waals surface area contributed by atoms with Crippen LogP contribution in [0.3, 0.4) is 0 Å². The van der Waals surface area contributed by atoms with E-state index < -0.39 is 5.97 Å². The Kier molecular flexibility index (Phi) is 3.85. The molecule has 3 heteroatoms. The molecule has 0 atom stereocenters. The number of anilines is 2. The van der Waals surface area contributed by atoms with Gasteiger partial charge in [-0.15, -0.1) is 0 Å². The second kappa shape index (κ2) is 5.57. The van der Waals surface area contributed by atoms with Crippen molar-refractivity contribution in [1.29, 1.82) is 0 Å². The van der Waals surface area contributed by atoms with Crippen LogP contribution in [0.25, 0.3) is 0 Å². The molecular formula is C16H17NO2. The van der Waals surface area contributed by atoms with Crippen molar-refractivity contribution >= 4 is 17.3 Å². The molecule has 0 saturated carbocycles. The Labute approximate surface area is 113 Å². The summed E-state index contributed by atoms with van der Waals surface area (Å²) in [6.07, 6.45) is 0. The van der Waals surface area contributed by atoms with Crippen molar-refractivity contribution in [3.63, 3.8) is 0 Å². The summed E-state index contributed by atoms with van der Waals surface area (Å²) in [5, 5.41) is 9.15. The largest absolute Gasteiger partial charge is 0.480 e. The summed E-state index contributed by atoms with van der Waals surface area (Å²) < 4.78 is 0. The van der Waals surface area contributed by atoms with E-state index >= 15 is 0 Å². The quantitative estimate of drug-likeness (QED) is 0.908. The van der Waals surface area contributed by atoms with Crippen LogP contribution in [0.2, 0.25) is 0 Å². The average molecular weight is 255 g/mol. The highest BCUT2D eigenvalue weighted by Gasteiger charge is 2.16. The van der Waals surface area contributed by atoms with Gasteiger partial charge in [0.1, 0.15) is 6.54 Å². The zero-order valence-electron chi connectivity index (χ0n) is 11.1. The molecule has 0 bridgehead atoms. The fourth-order valence-electron chi connectivity index (χ4n) is 2.17. The van der Waals surface area contributed by atoms with Crippen molar-refractivity contribution in [3.8, 4) is 0 Å². The molecular weight excluding hydrogens is 238 g/mol. The van der Waals surface area contributed by atoms with Crippen LogP contribution < -0.4 is 4.90 Å². The molecule has 0 aromatic heterocycles. The summed E-state index contributed by atoms with van der Waals surface area (Å²) in [7, 11) is 0. The van der Waals surface area contributed by atoms with Gasteiger partial charge >= 0.3 is 5.97 Å². The summed E-state index contributed by atoms with van der Waals surface area (Å²) >= 11 is 0. The molecule has 0 saturated heterocycles. The number of carboxylic acids is 1. The summed E-state index contributed by atoms with van der Waals surface area (Å²) in [5.41, 5.74) is 3.98. The van der Waals surface area contributed by atoms with E-state index in [1.807, 2.05) is 67.3 Å². The van der Waals surface area contributed by atoms with Gasteiger partial charge in [0.15, 0.2) is 0 Å². The summed E-state index contributed by atoms with van der Waals surface area (Å²) in [6.45, 7) is 3.93. The standard InChI is InChI=1S/C16H17NO2/c1-12-7-3-5-9-14(12)17(11-16(18)19)15-10-6-4-8-13(15)2/h3-10H,11H2,1-2H3,(H,18,19). The minimum absolute atomic E-state index is 0.0459. The third-order valence-electron chi connectivity index (χ3n) is 3.11. The second-order valence-electron chi connectivity index (χ2n) is 4.55. The number of carbonyl (C=O) groups is 1. The zero-order valence-corrected chi connectivity index (χ0v) is 11.1. The van der Waals surface area contributed by atoms with Crippen molar-refractivity contribution in [3.05, 3.63) is 59.7 Å². The van der Waals surface area contributed by atoms with Gasteiger partial charge in [-0.05, 0) is 37.1 Å². The maximum Gasteiger partial charge on any atom is 0.323 e. The van der Waals surface area contributed by atoms with Crippen LogP contribution in [0.15, 0.2) is 48.5 Å². The third-order valence-corrected chi connectivity index (χ3v) is 3.11. The number of hydrogen-bond donors (Lipinski definition) is 1. The SMILES string of the molecule is Cc1ccccc1N(CC(=O)O)c1ccccc1C. The van der Waals surface area contributed by atoms with Crippen LogP contribution in [0, 0.1) is 13.8 Å². The van der Waals surface area contributed by atoms with Crippen LogP contribution in [-0.2, 0) is 4.79 Å². The highest BCUT2D eigenvalue weighted by Crippen LogP contribution is 2.30. The van der Waals surface area contributed by atoms with Crippen molar-refractivity contribution in [2.75, 3.05) is 11.4 Å². The Morgan fingerprint density at radius 1 is 0.947 bits per heavy atom. The van der Waals surface area contributed by atoms with Gasteiger partial charge in [0, 0.05) is 11.4 Å². The molecule has 0 radical (unpaired) electrons. The molecule has 2 aromatic rings. The third kappa shape index (κ3) is 2.94. The van der Waals surface area contributed by atoms with Crippen molar-refractivity contribution in [1.82, 2.24) is 0 Å². The number of carboxylic acid groups (broad SMARTS) is 1. The first kappa shape index (κ1) is 13.1.